The van der Waals surface area contributed by atoms with E-state index in [1.807, 2.05) is 27.2 Å². The highest BCUT2D eigenvalue weighted by Crippen LogP contribution is 2.38. The van der Waals surface area contributed by atoms with Crippen molar-refractivity contribution in [1.82, 2.24) is 5.32 Å². The number of amides is 1. The summed E-state index contributed by atoms with van der Waals surface area (Å²) in [6.45, 7) is 4.53. The van der Waals surface area contributed by atoms with Crippen molar-refractivity contribution in [2.24, 2.45) is 0 Å². The van der Waals surface area contributed by atoms with Gasteiger partial charge in [-0.25, -0.2) is 0 Å². The lowest BCUT2D eigenvalue weighted by atomic mass is 10.0. The molecule has 0 spiro atoms. The average molecular weight is 1200 g/mol. The second kappa shape index (κ2) is 65.3. The van der Waals surface area contributed by atoms with Crippen LogP contribution in [0.5, 0.6) is 0 Å². The maximum Gasteiger partial charge on any atom is 0.268 e. The number of carbonyl (C=O) groups excluding carboxylic acids is 1. The molecule has 0 bridgehead atoms. The first-order valence-corrected chi connectivity index (χ1v) is 36.9. The maximum atomic E-state index is 13.0. The lowest BCUT2D eigenvalue weighted by Gasteiger charge is -2.29. The molecule has 0 aromatic carbocycles. The Hall–Kier alpha value is -3.10. The highest BCUT2D eigenvalue weighted by molar-refractivity contribution is 7.45. The van der Waals surface area contributed by atoms with Crippen LogP contribution in [0.1, 0.15) is 303 Å². The first-order chi connectivity index (χ1) is 41.5. The Kier molecular flexibility index (Phi) is 63.0. The van der Waals surface area contributed by atoms with Crippen LogP contribution in [0.15, 0.2) is 122 Å². The third-order valence-corrected chi connectivity index (χ3v) is 16.4. The highest BCUT2D eigenvalue weighted by atomic mass is 31.2. The molecule has 0 radical (unpaired) electrons. The van der Waals surface area contributed by atoms with Gasteiger partial charge in [0.05, 0.1) is 39.9 Å². The number of quaternary nitrogens is 1. The number of aliphatic hydroxyl groups excluding tert-OH is 1. The molecule has 0 saturated carbocycles. The summed E-state index contributed by atoms with van der Waals surface area (Å²) in [7, 11) is 1.23. The number of likely N-dealkylation sites (N-methyl/N-ethyl adjacent to an activating group) is 1. The van der Waals surface area contributed by atoms with E-state index in [0.29, 0.717) is 17.4 Å². The van der Waals surface area contributed by atoms with Crippen LogP contribution in [-0.2, 0) is 18.4 Å². The summed E-state index contributed by atoms with van der Waals surface area (Å²) in [6, 6.07) is -0.919. The van der Waals surface area contributed by atoms with Crippen LogP contribution in [0, 0.1) is 0 Å². The van der Waals surface area contributed by atoms with Crippen molar-refractivity contribution >= 4 is 13.7 Å². The first-order valence-electron chi connectivity index (χ1n) is 35.4. The van der Waals surface area contributed by atoms with Crippen molar-refractivity contribution in [2.75, 3.05) is 40.9 Å². The summed E-state index contributed by atoms with van der Waals surface area (Å²) in [5.41, 5.74) is 0. The minimum absolute atomic E-state index is 0.0139. The van der Waals surface area contributed by atoms with Gasteiger partial charge in [-0.1, -0.05) is 322 Å². The van der Waals surface area contributed by atoms with Crippen molar-refractivity contribution in [3.05, 3.63) is 122 Å². The van der Waals surface area contributed by atoms with Crippen molar-refractivity contribution in [3.8, 4) is 0 Å². The molecule has 0 saturated heterocycles. The second-order valence-electron chi connectivity index (χ2n) is 24.8. The molecule has 85 heavy (non-hydrogen) atoms. The van der Waals surface area contributed by atoms with Gasteiger partial charge in [-0.2, -0.15) is 0 Å². The number of unbranched alkanes of at least 4 members (excludes halogenated alkanes) is 33. The summed E-state index contributed by atoms with van der Waals surface area (Å²) < 4.78 is 23.4. The molecule has 2 N–H and O–H groups in total. The zero-order valence-electron chi connectivity index (χ0n) is 56.0. The molecule has 0 fully saturated rings. The van der Waals surface area contributed by atoms with Crippen molar-refractivity contribution in [2.45, 2.75) is 315 Å². The fourth-order valence-corrected chi connectivity index (χ4v) is 10.7. The van der Waals surface area contributed by atoms with Crippen molar-refractivity contribution < 1.29 is 32.9 Å². The van der Waals surface area contributed by atoms with Crippen LogP contribution >= 0.6 is 7.82 Å². The number of allylic oxidation sites excluding steroid dienone is 19. The molecule has 0 heterocycles. The fourth-order valence-electron chi connectivity index (χ4n) is 9.95. The minimum Gasteiger partial charge on any atom is -0.756 e. The van der Waals surface area contributed by atoms with E-state index < -0.39 is 26.6 Å². The van der Waals surface area contributed by atoms with Gasteiger partial charge in [-0.3, -0.25) is 9.36 Å². The molecule has 0 aromatic heterocycles. The zero-order valence-corrected chi connectivity index (χ0v) is 56.9. The van der Waals surface area contributed by atoms with E-state index in [9.17, 15) is 19.4 Å². The standard InChI is InChI=1S/C76H135N2O6P/c1-6-8-10-12-14-16-18-20-22-24-26-28-30-32-34-36-38-39-40-42-44-46-48-50-52-54-56-58-60-62-64-66-68-70-76(80)77-74(73-84-85(81,82)83-72-71-78(3,4)5)75(79)69-67-65-63-61-59-57-55-53-51-49-47-45-43-41-37-35-33-31-29-27-25-23-21-19-17-15-13-11-9-7-2/h8,10,14,16,20,22,26,28,32,34,38-39,42,44,48,50,59,61,67,69,74-75,79H,6-7,9,11-13,15,17-19,21,23-25,27,29-31,33,35-37,40-41,43,45-47,49,51-58,60,62-66,68,70-73H2,1-5H3,(H-,77,80,81,82)/b10-8-,16-14-,22-20-,28-26-,34-32-,39-38-,44-42-,50-48-,61-59+,69-67+. The van der Waals surface area contributed by atoms with Gasteiger partial charge in [0.2, 0.25) is 5.91 Å². The summed E-state index contributed by atoms with van der Waals surface area (Å²) in [5, 5.41) is 13.9. The summed E-state index contributed by atoms with van der Waals surface area (Å²) >= 11 is 0. The quantitative estimate of drug-likeness (QED) is 0.0272. The van der Waals surface area contributed by atoms with Gasteiger partial charge in [0.25, 0.3) is 7.82 Å². The normalized spacial score (nSPS) is 14.4. The largest absolute Gasteiger partial charge is 0.756 e. The van der Waals surface area contributed by atoms with E-state index in [4.69, 9.17) is 9.05 Å². The lowest BCUT2D eigenvalue weighted by Crippen LogP contribution is -2.45. The summed E-state index contributed by atoms with van der Waals surface area (Å²) in [6.07, 6.45) is 97.5. The number of phosphoric acid groups is 1. The van der Waals surface area contributed by atoms with E-state index in [1.54, 1.807) is 6.08 Å². The summed E-state index contributed by atoms with van der Waals surface area (Å²) in [5.74, 6) is -0.218. The lowest BCUT2D eigenvalue weighted by molar-refractivity contribution is -0.870. The Labute approximate surface area is 526 Å². The number of nitrogens with zero attached hydrogens (tertiary/aromatic N) is 1. The highest BCUT2D eigenvalue weighted by Gasteiger charge is 2.23. The first kappa shape index (κ1) is 81.9. The number of rotatable bonds is 64. The maximum absolute atomic E-state index is 13.0. The van der Waals surface area contributed by atoms with Gasteiger partial charge in [0, 0.05) is 6.42 Å². The molecule has 0 aliphatic carbocycles. The van der Waals surface area contributed by atoms with E-state index in [1.165, 1.54) is 180 Å². The monoisotopic (exact) mass is 1200 g/mol. The predicted octanol–water partition coefficient (Wildman–Crippen LogP) is 22.2. The molecular formula is C76H135N2O6P. The van der Waals surface area contributed by atoms with Crippen molar-refractivity contribution in [3.63, 3.8) is 0 Å². The van der Waals surface area contributed by atoms with Gasteiger partial charge >= 0.3 is 0 Å². The van der Waals surface area contributed by atoms with Crippen LogP contribution in [0.3, 0.4) is 0 Å². The smallest absolute Gasteiger partial charge is 0.268 e. The summed E-state index contributed by atoms with van der Waals surface area (Å²) in [4.78, 5) is 25.6. The van der Waals surface area contributed by atoms with Crippen LogP contribution < -0.4 is 10.2 Å². The third-order valence-electron chi connectivity index (χ3n) is 15.4. The molecule has 8 nitrogen and oxygen atoms in total. The Balaban J connectivity index is 4.18. The predicted molar refractivity (Wildman–Crippen MR) is 371 cm³/mol. The van der Waals surface area contributed by atoms with Crippen LogP contribution in [-0.4, -0.2) is 68.5 Å². The average Bonchev–Trinajstić information content (AvgIpc) is 3.49. The van der Waals surface area contributed by atoms with E-state index >= 15 is 0 Å². The third kappa shape index (κ3) is 68.3. The van der Waals surface area contributed by atoms with Gasteiger partial charge in [0.1, 0.15) is 13.2 Å². The Morgan fingerprint density at radius 1 is 0.424 bits per heavy atom. The zero-order chi connectivity index (χ0) is 61.9. The Morgan fingerprint density at radius 3 is 1.09 bits per heavy atom. The minimum atomic E-state index is -4.62. The van der Waals surface area contributed by atoms with Gasteiger partial charge < -0.3 is 28.8 Å². The van der Waals surface area contributed by atoms with Gasteiger partial charge in [-0.05, 0) is 96.3 Å². The van der Waals surface area contributed by atoms with E-state index in [0.717, 1.165) is 103 Å². The number of aliphatic hydroxyl groups is 1. The molecule has 490 valence electrons. The number of hydrogen-bond donors (Lipinski definition) is 2. The van der Waals surface area contributed by atoms with Crippen molar-refractivity contribution in [1.29, 1.82) is 0 Å². The molecule has 0 aromatic rings. The Bertz CT molecular complexity index is 1800. The van der Waals surface area contributed by atoms with Crippen LogP contribution in [0.2, 0.25) is 0 Å². The molecule has 3 atom stereocenters. The van der Waals surface area contributed by atoms with E-state index in [2.05, 4.69) is 129 Å². The Morgan fingerprint density at radius 2 is 0.729 bits per heavy atom. The van der Waals surface area contributed by atoms with Gasteiger partial charge in [0.15, 0.2) is 0 Å². The van der Waals surface area contributed by atoms with Crippen LogP contribution in [0.4, 0.5) is 0 Å². The topological polar surface area (TPSA) is 108 Å². The molecule has 0 aliphatic rings. The molecule has 9 heteroatoms. The van der Waals surface area contributed by atoms with E-state index in [-0.39, 0.29) is 12.5 Å². The molecule has 1 amide bonds. The fraction of sp³-hybridized carbons (Fsp3) is 0.724. The number of carbonyl (C=O) groups is 1. The van der Waals surface area contributed by atoms with Gasteiger partial charge in [-0.15, -0.1) is 0 Å². The number of nitrogens with one attached hydrogen (secondary N) is 1. The molecular weight excluding hydrogens is 1070 g/mol. The van der Waals surface area contributed by atoms with Crippen LogP contribution in [0.25, 0.3) is 0 Å². The number of phosphoric ester groups is 1. The SMILES string of the molecule is CC/C=C\C/C=C\C/C=C\C/C=C\C/C=C\C/C=C\C/C=C\C/C=C\CCCCCCCCCCC(=O)NC(COP(=O)([O-])OCC[N+](C)(C)C)C(O)/C=C/CC/C=C/CCCCCCCCCCCCCCCCCCCCCCCCCC. The number of hydrogen-bond acceptors (Lipinski definition) is 6. The molecule has 0 rings (SSSR count). The second-order valence-corrected chi connectivity index (χ2v) is 26.3. The molecule has 3 unspecified atom stereocenters. The molecule has 0 aliphatic heterocycles.